The highest BCUT2D eigenvalue weighted by Crippen LogP contribution is 2.29. The molecule has 0 saturated carbocycles. The molecule has 0 unspecified atom stereocenters. The van der Waals surface area contributed by atoms with E-state index < -0.39 is 5.97 Å². The molecule has 0 spiro atoms. The van der Waals surface area contributed by atoms with Gasteiger partial charge in [0.1, 0.15) is 5.75 Å². The summed E-state index contributed by atoms with van der Waals surface area (Å²) in [5.74, 6) is 0.0315. The highest BCUT2D eigenvalue weighted by molar-refractivity contribution is 7.17. The fourth-order valence-electron chi connectivity index (χ4n) is 3.92. The van der Waals surface area contributed by atoms with E-state index in [1.807, 2.05) is 78.2 Å². The number of ether oxygens (including phenoxy) is 2. The van der Waals surface area contributed by atoms with Crippen molar-refractivity contribution in [3.8, 4) is 22.7 Å². The molecule has 8 heteroatoms. The predicted molar refractivity (Wildman–Crippen MR) is 141 cm³/mol. The van der Waals surface area contributed by atoms with Gasteiger partial charge in [-0.1, -0.05) is 30.3 Å². The Morgan fingerprint density at radius 3 is 2.58 bits per heavy atom. The van der Waals surface area contributed by atoms with Crippen molar-refractivity contribution < 1.29 is 19.1 Å². The zero-order valence-electron chi connectivity index (χ0n) is 19.7. The maximum absolute atomic E-state index is 13.1. The number of methoxy groups -OCH3 is 1. The van der Waals surface area contributed by atoms with Gasteiger partial charge in [0.15, 0.2) is 5.69 Å². The molecule has 2 aromatic heterocycles. The van der Waals surface area contributed by atoms with E-state index in [9.17, 15) is 9.59 Å². The number of hydrogen-bond acceptors (Lipinski definition) is 6. The summed E-state index contributed by atoms with van der Waals surface area (Å²) in [6, 6.07) is 24.3. The summed E-state index contributed by atoms with van der Waals surface area (Å²) in [6.07, 6.45) is 0. The first-order valence-corrected chi connectivity index (χ1v) is 12.2. The third kappa shape index (κ3) is 4.58. The minimum Gasteiger partial charge on any atom is -0.497 e. The van der Waals surface area contributed by atoms with Gasteiger partial charge < -0.3 is 14.8 Å². The lowest BCUT2D eigenvalue weighted by Gasteiger charge is -2.10. The van der Waals surface area contributed by atoms with Gasteiger partial charge in [-0.05, 0) is 55.5 Å². The van der Waals surface area contributed by atoms with E-state index in [1.165, 1.54) is 11.3 Å². The normalized spacial score (nSPS) is 10.8. The molecule has 5 aromatic rings. The maximum atomic E-state index is 13.1. The topological polar surface area (TPSA) is 82.5 Å². The van der Waals surface area contributed by atoms with Crippen molar-refractivity contribution in [3.63, 3.8) is 0 Å². The number of carbonyl (C=O) groups excluding carboxylic acids is 2. The first-order valence-electron chi connectivity index (χ1n) is 11.4. The Kier molecular flexibility index (Phi) is 6.51. The lowest BCUT2D eigenvalue weighted by Crippen LogP contribution is -2.11. The Labute approximate surface area is 211 Å². The number of amides is 1. The Hall–Kier alpha value is -4.43. The molecule has 1 N–H and O–H groups in total. The first kappa shape index (κ1) is 23.3. The van der Waals surface area contributed by atoms with Gasteiger partial charge in [0.2, 0.25) is 0 Å². The average molecular weight is 498 g/mol. The van der Waals surface area contributed by atoms with Gasteiger partial charge in [0.25, 0.3) is 5.91 Å². The maximum Gasteiger partial charge on any atom is 0.358 e. The number of fused-ring (bicyclic) bond motifs is 1. The summed E-state index contributed by atoms with van der Waals surface area (Å²) in [6.45, 7) is 2.00. The molecule has 0 bridgehead atoms. The quantitative estimate of drug-likeness (QED) is 0.271. The molecule has 7 nitrogen and oxygen atoms in total. The standard InChI is InChI=1S/C28H23N3O4S/c1-3-35-28(33)24-16-25(31(30-24)20-11-13-21(34-2)14-12-20)18-7-6-8-19(15-18)29-27(32)23-17-36-26-10-5-4-9-22(23)26/h4-17H,3H2,1-2H3,(H,29,32). The van der Waals surface area contributed by atoms with Crippen molar-refractivity contribution in [1.29, 1.82) is 0 Å². The van der Waals surface area contributed by atoms with E-state index in [0.29, 0.717) is 22.7 Å². The van der Waals surface area contributed by atoms with Crippen molar-refractivity contribution >= 4 is 39.0 Å². The number of carbonyl (C=O) groups is 2. The molecule has 1 amide bonds. The third-order valence-electron chi connectivity index (χ3n) is 5.65. The average Bonchev–Trinajstić information content (AvgIpc) is 3.54. The largest absolute Gasteiger partial charge is 0.497 e. The molecular weight excluding hydrogens is 474 g/mol. The number of aromatic nitrogens is 2. The fraction of sp³-hybridized carbons (Fsp3) is 0.107. The van der Waals surface area contributed by atoms with Gasteiger partial charge in [-0.15, -0.1) is 11.3 Å². The van der Waals surface area contributed by atoms with Gasteiger partial charge in [0.05, 0.1) is 30.7 Å². The van der Waals surface area contributed by atoms with Crippen LogP contribution in [0.1, 0.15) is 27.8 Å². The number of hydrogen-bond donors (Lipinski definition) is 1. The Morgan fingerprint density at radius 2 is 1.81 bits per heavy atom. The summed E-state index contributed by atoms with van der Waals surface area (Å²) in [5, 5.41) is 10.3. The van der Waals surface area contributed by atoms with Crippen LogP contribution in [0.4, 0.5) is 5.69 Å². The van der Waals surface area contributed by atoms with Crippen LogP contribution in [0.15, 0.2) is 84.2 Å². The van der Waals surface area contributed by atoms with E-state index >= 15 is 0 Å². The molecule has 0 fully saturated rings. The number of esters is 1. The smallest absolute Gasteiger partial charge is 0.358 e. The van der Waals surface area contributed by atoms with Crippen LogP contribution >= 0.6 is 11.3 Å². The van der Waals surface area contributed by atoms with Gasteiger partial charge >= 0.3 is 5.97 Å². The summed E-state index contributed by atoms with van der Waals surface area (Å²) in [5.41, 5.74) is 3.67. The summed E-state index contributed by atoms with van der Waals surface area (Å²) < 4.78 is 13.2. The van der Waals surface area contributed by atoms with Gasteiger partial charge in [-0.25, -0.2) is 9.48 Å². The molecule has 36 heavy (non-hydrogen) atoms. The monoisotopic (exact) mass is 497 g/mol. The second-order valence-corrected chi connectivity index (χ2v) is 8.84. The lowest BCUT2D eigenvalue weighted by molar-refractivity contribution is 0.0519. The Bertz CT molecular complexity index is 1550. The van der Waals surface area contributed by atoms with Crippen molar-refractivity contribution in [2.45, 2.75) is 6.92 Å². The second kappa shape index (κ2) is 10.1. The van der Waals surface area contributed by atoms with E-state index in [0.717, 1.165) is 21.3 Å². The van der Waals surface area contributed by atoms with E-state index in [1.54, 1.807) is 24.8 Å². The molecule has 0 saturated heterocycles. The molecular formula is C28H23N3O4S. The van der Waals surface area contributed by atoms with E-state index in [-0.39, 0.29) is 18.2 Å². The van der Waals surface area contributed by atoms with Crippen LogP contribution < -0.4 is 10.1 Å². The molecule has 0 atom stereocenters. The summed E-state index contributed by atoms with van der Waals surface area (Å²) >= 11 is 1.54. The molecule has 0 aliphatic rings. The summed E-state index contributed by atoms with van der Waals surface area (Å²) in [4.78, 5) is 25.5. The molecule has 5 rings (SSSR count). The van der Waals surface area contributed by atoms with Crippen LogP contribution in [0.3, 0.4) is 0 Å². The van der Waals surface area contributed by atoms with Crippen LogP contribution in [0.2, 0.25) is 0 Å². The second-order valence-electron chi connectivity index (χ2n) is 7.93. The van der Waals surface area contributed by atoms with Gasteiger partial charge in [-0.3, -0.25) is 4.79 Å². The highest BCUT2D eigenvalue weighted by atomic mass is 32.1. The zero-order valence-corrected chi connectivity index (χ0v) is 20.5. The minimum absolute atomic E-state index is 0.180. The molecule has 0 aliphatic heterocycles. The van der Waals surface area contributed by atoms with Crippen LogP contribution in [0.25, 0.3) is 27.0 Å². The van der Waals surface area contributed by atoms with Crippen LogP contribution in [0.5, 0.6) is 5.75 Å². The Balaban J connectivity index is 1.50. The molecule has 3 aromatic carbocycles. The van der Waals surface area contributed by atoms with Crippen molar-refractivity contribution in [1.82, 2.24) is 9.78 Å². The van der Waals surface area contributed by atoms with Crippen LogP contribution in [-0.2, 0) is 4.74 Å². The molecule has 0 radical (unpaired) electrons. The fourth-order valence-corrected chi connectivity index (χ4v) is 4.86. The van der Waals surface area contributed by atoms with Gasteiger partial charge in [0, 0.05) is 26.7 Å². The SMILES string of the molecule is CCOC(=O)c1cc(-c2cccc(NC(=O)c3csc4ccccc34)c2)n(-c2ccc(OC)cc2)n1. The highest BCUT2D eigenvalue weighted by Gasteiger charge is 2.19. The third-order valence-corrected chi connectivity index (χ3v) is 6.62. The van der Waals surface area contributed by atoms with E-state index in [2.05, 4.69) is 10.4 Å². The van der Waals surface area contributed by atoms with Gasteiger partial charge in [-0.2, -0.15) is 5.10 Å². The lowest BCUT2D eigenvalue weighted by atomic mass is 10.1. The van der Waals surface area contributed by atoms with Crippen molar-refractivity contribution in [3.05, 3.63) is 95.5 Å². The number of nitrogens with zero attached hydrogens (tertiary/aromatic N) is 2. The number of nitrogens with one attached hydrogen (secondary N) is 1. The molecule has 2 heterocycles. The van der Waals surface area contributed by atoms with Crippen molar-refractivity contribution in [2.75, 3.05) is 19.0 Å². The zero-order chi connectivity index (χ0) is 25.1. The number of benzene rings is 3. The molecule has 180 valence electrons. The van der Waals surface area contributed by atoms with Crippen LogP contribution in [-0.4, -0.2) is 35.4 Å². The first-order chi connectivity index (χ1) is 17.6. The number of anilines is 1. The summed E-state index contributed by atoms with van der Waals surface area (Å²) in [7, 11) is 1.60. The minimum atomic E-state index is -0.500. The van der Waals surface area contributed by atoms with Crippen molar-refractivity contribution in [2.24, 2.45) is 0 Å². The van der Waals surface area contributed by atoms with Crippen LogP contribution in [0, 0.1) is 0 Å². The molecule has 0 aliphatic carbocycles. The number of rotatable bonds is 7. The number of thiophene rings is 1. The Morgan fingerprint density at radius 1 is 1.00 bits per heavy atom. The predicted octanol–water partition coefficient (Wildman–Crippen LogP) is 6.19. The van der Waals surface area contributed by atoms with E-state index in [4.69, 9.17) is 9.47 Å².